The monoisotopic (exact) mass is 382 g/mol. The molecule has 2 aliphatic heterocycles. The van der Waals surface area contributed by atoms with Crippen molar-refractivity contribution < 1.29 is 14.3 Å². The summed E-state index contributed by atoms with van der Waals surface area (Å²) in [5.74, 6) is -0.117. The third kappa shape index (κ3) is 4.68. The van der Waals surface area contributed by atoms with E-state index < -0.39 is 0 Å². The number of aryl methyl sites for hydroxylation is 1. The lowest BCUT2D eigenvalue weighted by Gasteiger charge is -2.26. The number of carbonyl (C=O) groups excluding carboxylic acids is 2. The number of amides is 2. The molecule has 0 saturated carbocycles. The Morgan fingerprint density at radius 2 is 2.28 bits per heavy atom. The quantitative estimate of drug-likeness (QED) is 0.809. The first-order valence-corrected chi connectivity index (χ1v) is 9.97. The molecule has 1 aromatic carbocycles. The molecule has 2 heterocycles. The van der Waals surface area contributed by atoms with Crippen LogP contribution >= 0.6 is 23.4 Å². The van der Waals surface area contributed by atoms with Crippen molar-refractivity contribution in [3.63, 3.8) is 0 Å². The van der Waals surface area contributed by atoms with Gasteiger partial charge in [-0.2, -0.15) is 0 Å². The molecule has 0 aromatic heterocycles. The standard InChI is InChI=1S/C18H23ClN2O3S/c1-12-3-4-15-13(7-12)8-16(25-15)18(23)21-5-2-6-24-14(11-21)10-20-17(22)9-19/h3-4,7,14,16H,2,5-6,8-11H2,1H3,(H,20,22). The first-order valence-electron chi connectivity index (χ1n) is 8.56. The number of fused-ring (bicyclic) bond motifs is 1. The average molecular weight is 383 g/mol. The summed E-state index contributed by atoms with van der Waals surface area (Å²) in [4.78, 5) is 27.4. The normalized spacial score (nSPS) is 23.0. The van der Waals surface area contributed by atoms with Gasteiger partial charge in [0.1, 0.15) is 5.88 Å². The van der Waals surface area contributed by atoms with E-state index in [1.54, 1.807) is 11.8 Å². The second kappa shape index (κ2) is 8.43. The van der Waals surface area contributed by atoms with Crippen LogP contribution in [0.25, 0.3) is 0 Å². The summed E-state index contributed by atoms with van der Waals surface area (Å²) in [6.45, 7) is 4.26. The molecule has 7 heteroatoms. The summed E-state index contributed by atoms with van der Waals surface area (Å²) in [5.41, 5.74) is 2.49. The van der Waals surface area contributed by atoms with Crippen LogP contribution in [0.4, 0.5) is 0 Å². The van der Waals surface area contributed by atoms with Crippen LogP contribution < -0.4 is 5.32 Å². The first-order chi connectivity index (χ1) is 12.1. The van der Waals surface area contributed by atoms with E-state index in [1.165, 1.54) is 16.0 Å². The van der Waals surface area contributed by atoms with Crippen LogP contribution in [0.2, 0.25) is 0 Å². The summed E-state index contributed by atoms with van der Waals surface area (Å²) >= 11 is 7.16. The molecule has 136 valence electrons. The minimum Gasteiger partial charge on any atom is -0.374 e. The summed E-state index contributed by atoms with van der Waals surface area (Å²) < 4.78 is 5.76. The van der Waals surface area contributed by atoms with Crippen molar-refractivity contribution in [2.24, 2.45) is 0 Å². The highest BCUT2D eigenvalue weighted by molar-refractivity contribution is 8.01. The lowest BCUT2D eigenvalue weighted by molar-refractivity contribution is -0.131. The van der Waals surface area contributed by atoms with Crippen LogP contribution in [-0.2, 0) is 20.7 Å². The van der Waals surface area contributed by atoms with Gasteiger partial charge in [0.15, 0.2) is 0 Å². The van der Waals surface area contributed by atoms with Crippen LogP contribution in [0, 0.1) is 6.92 Å². The topological polar surface area (TPSA) is 58.6 Å². The molecule has 1 fully saturated rings. The van der Waals surface area contributed by atoms with Crippen LogP contribution in [0.5, 0.6) is 0 Å². The van der Waals surface area contributed by atoms with E-state index in [-0.39, 0.29) is 29.0 Å². The highest BCUT2D eigenvalue weighted by Crippen LogP contribution is 2.38. The minimum atomic E-state index is -0.218. The van der Waals surface area contributed by atoms with Gasteiger partial charge in [0.05, 0.1) is 11.4 Å². The Bertz CT molecular complexity index is 655. The van der Waals surface area contributed by atoms with Crippen LogP contribution in [0.15, 0.2) is 23.1 Å². The van der Waals surface area contributed by atoms with Crippen molar-refractivity contribution in [1.82, 2.24) is 10.2 Å². The average Bonchev–Trinajstić information content (AvgIpc) is 2.88. The maximum atomic E-state index is 13.0. The largest absolute Gasteiger partial charge is 0.374 e. The number of halogens is 1. The maximum absolute atomic E-state index is 13.0. The van der Waals surface area contributed by atoms with Gasteiger partial charge >= 0.3 is 0 Å². The predicted octanol–water partition coefficient (Wildman–Crippen LogP) is 1.98. The van der Waals surface area contributed by atoms with E-state index in [0.717, 1.165) is 12.8 Å². The summed E-state index contributed by atoms with van der Waals surface area (Å²) in [6.07, 6.45) is 1.41. The lowest BCUT2D eigenvalue weighted by Crippen LogP contribution is -2.45. The van der Waals surface area contributed by atoms with E-state index in [9.17, 15) is 9.59 Å². The number of hydrogen-bond donors (Lipinski definition) is 1. The number of nitrogens with zero attached hydrogens (tertiary/aromatic N) is 1. The van der Waals surface area contributed by atoms with Gasteiger partial charge < -0.3 is 15.0 Å². The van der Waals surface area contributed by atoms with Crippen molar-refractivity contribution in [2.45, 2.75) is 36.0 Å². The van der Waals surface area contributed by atoms with Crippen molar-refractivity contribution in [3.05, 3.63) is 29.3 Å². The fraction of sp³-hybridized carbons (Fsp3) is 0.556. The van der Waals surface area contributed by atoms with Crippen molar-refractivity contribution >= 4 is 35.2 Å². The summed E-state index contributed by atoms with van der Waals surface area (Å²) in [7, 11) is 0. The van der Waals surface area contributed by atoms with E-state index in [0.29, 0.717) is 26.2 Å². The Labute approximate surface area is 157 Å². The zero-order valence-electron chi connectivity index (χ0n) is 14.3. The number of alkyl halides is 1. The molecule has 2 unspecified atom stereocenters. The number of hydrogen-bond acceptors (Lipinski definition) is 4. The molecule has 0 aliphatic carbocycles. The molecule has 0 radical (unpaired) electrons. The maximum Gasteiger partial charge on any atom is 0.236 e. The third-order valence-corrected chi connectivity index (χ3v) is 6.02. The predicted molar refractivity (Wildman–Crippen MR) is 99.2 cm³/mol. The zero-order valence-corrected chi connectivity index (χ0v) is 15.9. The van der Waals surface area contributed by atoms with Gasteiger partial charge in [0, 0.05) is 31.1 Å². The molecule has 0 spiro atoms. The molecule has 1 aromatic rings. The molecule has 2 amide bonds. The molecule has 2 aliphatic rings. The Kier molecular flexibility index (Phi) is 6.25. The number of thioether (sulfide) groups is 1. The SMILES string of the molecule is Cc1ccc2c(c1)CC(C(=O)N1CCCOC(CNC(=O)CCl)C1)S2. The summed E-state index contributed by atoms with van der Waals surface area (Å²) in [5, 5.41) is 2.68. The highest BCUT2D eigenvalue weighted by atomic mass is 35.5. The van der Waals surface area contributed by atoms with Crippen LogP contribution in [-0.4, -0.2) is 60.2 Å². The Hall–Kier alpha value is -1.24. The zero-order chi connectivity index (χ0) is 17.8. The number of rotatable bonds is 4. The van der Waals surface area contributed by atoms with Crippen molar-refractivity contribution in [1.29, 1.82) is 0 Å². The first kappa shape index (κ1) is 18.5. The molecule has 0 bridgehead atoms. The van der Waals surface area contributed by atoms with E-state index in [4.69, 9.17) is 16.3 Å². The second-order valence-corrected chi connectivity index (χ2v) is 8.00. The van der Waals surface area contributed by atoms with Gasteiger partial charge in [-0.15, -0.1) is 23.4 Å². The molecule has 1 saturated heterocycles. The van der Waals surface area contributed by atoms with Gasteiger partial charge in [0.25, 0.3) is 0 Å². The Morgan fingerprint density at radius 1 is 1.44 bits per heavy atom. The number of nitrogens with one attached hydrogen (secondary N) is 1. The van der Waals surface area contributed by atoms with Crippen molar-refractivity contribution in [3.8, 4) is 0 Å². The van der Waals surface area contributed by atoms with Gasteiger partial charge in [0.2, 0.25) is 11.8 Å². The van der Waals surface area contributed by atoms with Gasteiger partial charge in [-0.25, -0.2) is 0 Å². The molecular weight excluding hydrogens is 360 g/mol. The lowest BCUT2D eigenvalue weighted by atomic mass is 10.1. The van der Waals surface area contributed by atoms with E-state index in [2.05, 4.69) is 30.4 Å². The Balaban J connectivity index is 1.60. The molecule has 2 atom stereocenters. The minimum absolute atomic E-state index is 0.0621. The van der Waals surface area contributed by atoms with Crippen LogP contribution in [0.1, 0.15) is 17.5 Å². The molecular formula is C18H23ClN2O3S. The fourth-order valence-corrected chi connectivity index (χ4v) is 4.57. The number of benzene rings is 1. The van der Waals surface area contributed by atoms with Gasteiger partial charge in [-0.1, -0.05) is 17.7 Å². The second-order valence-electron chi connectivity index (χ2n) is 6.49. The fourth-order valence-electron chi connectivity index (χ4n) is 3.21. The van der Waals surface area contributed by atoms with Crippen LogP contribution in [0.3, 0.4) is 0 Å². The summed E-state index contributed by atoms with van der Waals surface area (Å²) in [6, 6.07) is 6.37. The number of ether oxygens (including phenoxy) is 1. The third-order valence-electron chi connectivity index (χ3n) is 4.48. The van der Waals surface area contributed by atoms with Crippen molar-refractivity contribution in [2.75, 3.05) is 32.1 Å². The molecule has 1 N–H and O–H groups in total. The Morgan fingerprint density at radius 3 is 3.08 bits per heavy atom. The van der Waals surface area contributed by atoms with E-state index in [1.807, 2.05) is 4.90 Å². The molecule has 3 rings (SSSR count). The van der Waals surface area contributed by atoms with Gasteiger partial charge in [-0.3, -0.25) is 9.59 Å². The highest BCUT2D eigenvalue weighted by Gasteiger charge is 2.33. The smallest absolute Gasteiger partial charge is 0.236 e. The molecule has 25 heavy (non-hydrogen) atoms. The molecule has 5 nitrogen and oxygen atoms in total. The number of carbonyl (C=O) groups is 2. The van der Waals surface area contributed by atoms with E-state index >= 15 is 0 Å². The van der Waals surface area contributed by atoms with Gasteiger partial charge in [-0.05, 0) is 31.4 Å².